The van der Waals surface area contributed by atoms with Gasteiger partial charge in [-0.2, -0.15) is 5.26 Å². The van der Waals surface area contributed by atoms with E-state index in [4.69, 9.17) is 0 Å². The van der Waals surface area contributed by atoms with Crippen molar-refractivity contribution in [2.45, 2.75) is 20.4 Å². The van der Waals surface area contributed by atoms with Crippen molar-refractivity contribution in [3.05, 3.63) is 101 Å². The number of allylic oxidation sites excluding steroid dienone is 1. The van der Waals surface area contributed by atoms with Crippen LogP contribution in [-0.4, -0.2) is 10.4 Å². The second-order valence-corrected chi connectivity index (χ2v) is 7.26. The first-order valence-corrected chi connectivity index (χ1v) is 10.0. The number of hydrogen-bond acceptors (Lipinski definition) is 2. The maximum Gasteiger partial charge on any atom is 0.206 e. The molecule has 3 heteroatoms. The van der Waals surface area contributed by atoms with Crippen LogP contribution in [0.5, 0.6) is 0 Å². The zero-order chi connectivity index (χ0) is 21.1. The Kier molecular flexibility index (Phi) is 5.32. The molecule has 0 atom stereocenters. The molecular weight excluding hydrogens is 368 g/mol. The number of carbonyl (C=O) groups is 1. The fourth-order valence-electron chi connectivity index (χ4n) is 3.87. The molecule has 0 spiro atoms. The lowest BCUT2D eigenvalue weighted by atomic mass is 9.96. The average Bonchev–Trinajstić information content (AvgIpc) is 3.13. The van der Waals surface area contributed by atoms with E-state index in [1.165, 1.54) is 0 Å². The highest BCUT2D eigenvalue weighted by Crippen LogP contribution is 2.35. The molecule has 3 aromatic carbocycles. The van der Waals surface area contributed by atoms with Crippen LogP contribution in [0.2, 0.25) is 0 Å². The summed E-state index contributed by atoms with van der Waals surface area (Å²) in [6, 6.07) is 27.7. The van der Waals surface area contributed by atoms with E-state index in [9.17, 15) is 10.1 Å². The molecular formula is C27H22N2O. The molecule has 0 N–H and O–H groups in total. The fourth-order valence-corrected chi connectivity index (χ4v) is 3.87. The zero-order valence-corrected chi connectivity index (χ0v) is 17.1. The molecule has 3 nitrogen and oxygen atoms in total. The molecule has 4 aromatic rings. The van der Waals surface area contributed by atoms with Gasteiger partial charge in [0.15, 0.2) is 0 Å². The summed E-state index contributed by atoms with van der Waals surface area (Å²) >= 11 is 0. The number of carbonyl (C=O) groups excluding carboxylic acids is 1. The Morgan fingerprint density at radius 3 is 2.30 bits per heavy atom. The number of aryl methyl sites for hydroxylation is 2. The predicted molar refractivity (Wildman–Crippen MR) is 122 cm³/mol. The third kappa shape index (κ3) is 3.44. The van der Waals surface area contributed by atoms with Crippen LogP contribution in [0.15, 0.2) is 84.4 Å². The first-order valence-electron chi connectivity index (χ1n) is 10.0. The molecule has 0 saturated heterocycles. The monoisotopic (exact) mass is 390 g/mol. The standard InChI is InChI=1S/C27H22N2O/c1-3-29-24-12-8-7-11-23(24)25(26(29)21-9-5-4-6-10-21)27(30)22(18-28)17-20-15-13-19(2)14-16-20/h4-17H,3H2,1-2H3/b22-17+. The van der Waals surface area contributed by atoms with Gasteiger partial charge in [0.2, 0.25) is 5.78 Å². The third-order valence-electron chi connectivity index (χ3n) is 5.31. The predicted octanol–water partition coefficient (Wildman–Crippen LogP) is 6.43. The van der Waals surface area contributed by atoms with Crippen molar-refractivity contribution in [2.24, 2.45) is 0 Å². The molecule has 0 aliphatic rings. The molecule has 146 valence electrons. The Morgan fingerprint density at radius 2 is 1.63 bits per heavy atom. The number of para-hydroxylation sites is 1. The normalized spacial score (nSPS) is 11.4. The minimum absolute atomic E-state index is 0.134. The molecule has 0 saturated carbocycles. The van der Waals surface area contributed by atoms with Gasteiger partial charge in [0.1, 0.15) is 11.6 Å². The first-order chi connectivity index (χ1) is 14.6. The van der Waals surface area contributed by atoms with Crippen molar-refractivity contribution < 1.29 is 4.79 Å². The van der Waals surface area contributed by atoms with Gasteiger partial charge < -0.3 is 4.57 Å². The second kappa shape index (κ2) is 8.23. The Hall–Kier alpha value is -3.90. The van der Waals surface area contributed by atoms with E-state index in [2.05, 4.69) is 17.6 Å². The molecule has 4 rings (SSSR count). The van der Waals surface area contributed by atoms with Crippen molar-refractivity contribution in [1.82, 2.24) is 4.57 Å². The van der Waals surface area contributed by atoms with Gasteiger partial charge in [0.05, 0.1) is 11.3 Å². The van der Waals surface area contributed by atoms with E-state index in [0.29, 0.717) is 5.56 Å². The zero-order valence-electron chi connectivity index (χ0n) is 17.1. The molecule has 0 aliphatic heterocycles. The molecule has 1 aromatic heterocycles. The smallest absolute Gasteiger partial charge is 0.206 e. The van der Waals surface area contributed by atoms with Gasteiger partial charge in [-0.25, -0.2) is 0 Å². The Labute approximate surface area is 176 Å². The highest BCUT2D eigenvalue weighted by atomic mass is 16.1. The number of Topliss-reactive ketones (excluding diaryl/α,β-unsaturated/α-hetero) is 1. The number of aromatic nitrogens is 1. The minimum atomic E-state index is -0.250. The lowest BCUT2D eigenvalue weighted by Crippen LogP contribution is -2.05. The van der Waals surface area contributed by atoms with Gasteiger partial charge in [-0.05, 0) is 37.1 Å². The SMILES string of the molecule is CCn1c(-c2ccccc2)c(C(=O)/C(C#N)=C/c2ccc(C)cc2)c2ccccc21. The summed E-state index contributed by atoms with van der Waals surface area (Å²) in [4.78, 5) is 13.7. The van der Waals surface area contributed by atoms with E-state index >= 15 is 0 Å². The maximum atomic E-state index is 13.7. The van der Waals surface area contributed by atoms with Crippen LogP contribution in [0.25, 0.3) is 28.2 Å². The molecule has 1 heterocycles. The van der Waals surface area contributed by atoms with Crippen LogP contribution in [-0.2, 0) is 6.54 Å². The van der Waals surface area contributed by atoms with Crippen molar-refractivity contribution >= 4 is 22.8 Å². The number of nitriles is 1. The average molecular weight is 390 g/mol. The Balaban J connectivity index is 1.96. The lowest BCUT2D eigenvalue weighted by molar-refractivity contribution is 0.104. The summed E-state index contributed by atoms with van der Waals surface area (Å²) in [6.07, 6.45) is 1.68. The van der Waals surface area contributed by atoms with Crippen LogP contribution in [0, 0.1) is 18.3 Å². The number of rotatable bonds is 5. The van der Waals surface area contributed by atoms with E-state index in [-0.39, 0.29) is 11.4 Å². The van der Waals surface area contributed by atoms with E-state index in [1.807, 2.05) is 85.8 Å². The third-order valence-corrected chi connectivity index (χ3v) is 5.31. The van der Waals surface area contributed by atoms with Crippen molar-refractivity contribution in [2.75, 3.05) is 0 Å². The maximum absolute atomic E-state index is 13.7. The Bertz CT molecular complexity index is 1290. The van der Waals surface area contributed by atoms with Crippen LogP contribution in [0.4, 0.5) is 0 Å². The number of ketones is 1. The number of hydrogen-bond donors (Lipinski definition) is 0. The second-order valence-electron chi connectivity index (χ2n) is 7.26. The summed E-state index contributed by atoms with van der Waals surface area (Å²) in [5, 5.41) is 10.7. The summed E-state index contributed by atoms with van der Waals surface area (Å²) in [5.74, 6) is -0.250. The summed E-state index contributed by atoms with van der Waals surface area (Å²) in [7, 11) is 0. The molecule has 0 amide bonds. The number of fused-ring (bicyclic) bond motifs is 1. The van der Waals surface area contributed by atoms with Gasteiger partial charge in [0, 0.05) is 17.4 Å². The largest absolute Gasteiger partial charge is 0.340 e. The van der Waals surface area contributed by atoms with Crippen LogP contribution in [0.1, 0.15) is 28.4 Å². The fraction of sp³-hybridized carbons (Fsp3) is 0.111. The molecule has 0 radical (unpaired) electrons. The van der Waals surface area contributed by atoms with Gasteiger partial charge in [-0.1, -0.05) is 78.4 Å². The van der Waals surface area contributed by atoms with E-state index in [1.54, 1.807) is 6.08 Å². The number of nitrogens with zero attached hydrogens (tertiary/aromatic N) is 2. The first kappa shape index (κ1) is 19.4. The van der Waals surface area contributed by atoms with Crippen LogP contribution < -0.4 is 0 Å². The van der Waals surface area contributed by atoms with E-state index < -0.39 is 0 Å². The Morgan fingerprint density at radius 1 is 0.967 bits per heavy atom. The molecule has 0 aliphatic carbocycles. The van der Waals surface area contributed by atoms with Gasteiger partial charge in [-0.3, -0.25) is 4.79 Å². The van der Waals surface area contributed by atoms with E-state index in [0.717, 1.165) is 39.8 Å². The van der Waals surface area contributed by atoms with Crippen molar-refractivity contribution in [3.63, 3.8) is 0 Å². The highest BCUT2D eigenvalue weighted by molar-refractivity contribution is 6.23. The quantitative estimate of drug-likeness (QED) is 0.224. The summed E-state index contributed by atoms with van der Waals surface area (Å²) in [6.45, 7) is 4.80. The summed E-state index contributed by atoms with van der Waals surface area (Å²) in [5.41, 5.74) is 5.50. The van der Waals surface area contributed by atoms with Crippen LogP contribution >= 0.6 is 0 Å². The lowest BCUT2D eigenvalue weighted by Gasteiger charge is -2.10. The topological polar surface area (TPSA) is 45.8 Å². The molecule has 0 bridgehead atoms. The highest BCUT2D eigenvalue weighted by Gasteiger charge is 2.25. The van der Waals surface area contributed by atoms with Crippen LogP contribution in [0.3, 0.4) is 0 Å². The molecule has 0 unspecified atom stereocenters. The van der Waals surface area contributed by atoms with Gasteiger partial charge in [-0.15, -0.1) is 0 Å². The minimum Gasteiger partial charge on any atom is -0.340 e. The summed E-state index contributed by atoms with van der Waals surface area (Å²) < 4.78 is 2.15. The van der Waals surface area contributed by atoms with Crippen molar-refractivity contribution in [3.8, 4) is 17.3 Å². The van der Waals surface area contributed by atoms with Crippen molar-refractivity contribution in [1.29, 1.82) is 5.26 Å². The van der Waals surface area contributed by atoms with Gasteiger partial charge in [0.25, 0.3) is 0 Å². The molecule has 30 heavy (non-hydrogen) atoms. The number of benzene rings is 3. The van der Waals surface area contributed by atoms with Gasteiger partial charge >= 0.3 is 0 Å². The molecule has 0 fully saturated rings.